The van der Waals surface area contributed by atoms with E-state index in [1.807, 2.05) is 18.2 Å². The van der Waals surface area contributed by atoms with Gasteiger partial charge in [0, 0.05) is 31.5 Å². The highest BCUT2D eigenvalue weighted by Gasteiger charge is 2.09. The van der Waals surface area contributed by atoms with E-state index in [-0.39, 0.29) is 0 Å². The molecule has 1 aromatic rings. The first-order valence-corrected chi connectivity index (χ1v) is 5.41. The summed E-state index contributed by atoms with van der Waals surface area (Å²) in [6, 6.07) is 7.55. The summed E-state index contributed by atoms with van der Waals surface area (Å²) in [4.78, 5) is 14.2. The largest absolute Gasteiger partial charge is 0.465 e. The highest BCUT2D eigenvalue weighted by atomic mass is 16.4. The fourth-order valence-corrected chi connectivity index (χ4v) is 1.60. The third kappa shape index (κ3) is 2.66. The average molecular weight is 222 g/mol. The smallest absolute Gasteiger partial charge is 0.411 e. The van der Waals surface area contributed by atoms with E-state index in [1.165, 1.54) is 4.90 Å². The molecule has 0 aliphatic rings. The lowest BCUT2D eigenvalue weighted by Gasteiger charge is -2.23. The molecule has 0 saturated heterocycles. The van der Waals surface area contributed by atoms with Gasteiger partial charge in [0.05, 0.1) is 0 Å². The summed E-state index contributed by atoms with van der Waals surface area (Å²) in [5.74, 6) is 0. The van der Waals surface area contributed by atoms with Crippen molar-refractivity contribution in [3.63, 3.8) is 0 Å². The lowest BCUT2D eigenvalue weighted by molar-refractivity contribution is 0.203. The molecule has 0 aromatic heterocycles. The molecule has 0 fully saturated rings. The van der Waals surface area contributed by atoms with E-state index in [4.69, 9.17) is 5.11 Å². The molecule has 4 heteroatoms. The molecule has 1 amide bonds. The van der Waals surface area contributed by atoms with Crippen molar-refractivity contribution in [2.24, 2.45) is 0 Å². The molecule has 88 valence electrons. The molecule has 1 N–H and O–H groups in total. The van der Waals surface area contributed by atoms with Crippen molar-refractivity contribution in [1.82, 2.24) is 0 Å². The van der Waals surface area contributed by atoms with Crippen molar-refractivity contribution < 1.29 is 9.90 Å². The topological polar surface area (TPSA) is 43.8 Å². The molecule has 0 spiro atoms. The Hall–Kier alpha value is -1.71. The number of amides is 1. The van der Waals surface area contributed by atoms with Crippen LogP contribution in [0.25, 0.3) is 0 Å². The van der Waals surface area contributed by atoms with Gasteiger partial charge >= 0.3 is 6.09 Å². The molecule has 0 aliphatic carbocycles. The predicted molar refractivity (Wildman–Crippen MR) is 66.4 cm³/mol. The molecule has 1 rings (SSSR count). The van der Waals surface area contributed by atoms with Gasteiger partial charge in [0.25, 0.3) is 0 Å². The number of anilines is 2. The van der Waals surface area contributed by atoms with Crippen LogP contribution < -0.4 is 9.80 Å². The summed E-state index contributed by atoms with van der Waals surface area (Å²) < 4.78 is 0. The molecule has 0 aliphatic heterocycles. The van der Waals surface area contributed by atoms with Crippen molar-refractivity contribution in [2.45, 2.75) is 13.8 Å². The van der Waals surface area contributed by atoms with Gasteiger partial charge in [0.2, 0.25) is 0 Å². The minimum absolute atomic E-state index is 0.692. The van der Waals surface area contributed by atoms with Crippen molar-refractivity contribution in [2.75, 3.05) is 29.9 Å². The third-order valence-electron chi connectivity index (χ3n) is 2.63. The van der Waals surface area contributed by atoms with Crippen LogP contribution in [-0.2, 0) is 0 Å². The molecule has 0 radical (unpaired) electrons. The summed E-state index contributed by atoms with van der Waals surface area (Å²) in [5.41, 5.74) is 1.74. The van der Waals surface area contributed by atoms with Gasteiger partial charge in [-0.1, -0.05) is 6.07 Å². The zero-order chi connectivity index (χ0) is 12.1. The number of hydrogen-bond donors (Lipinski definition) is 1. The van der Waals surface area contributed by atoms with E-state index in [0.29, 0.717) is 5.69 Å². The average Bonchev–Trinajstić information content (AvgIpc) is 2.30. The highest BCUT2D eigenvalue weighted by molar-refractivity contribution is 5.86. The van der Waals surface area contributed by atoms with Crippen LogP contribution in [0, 0.1) is 0 Å². The van der Waals surface area contributed by atoms with Crippen LogP contribution in [0.5, 0.6) is 0 Å². The Morgan fingerprint density at radius 3 is 2.31 bits per heavy atom. The minimum Gasteiger partial charge on any atom is -0.465 e. The maximum Gasteiger partial charge on any atom is 0.411 e. The predicted octanol–water partition coefficient (Wildman–Crippen LogP) is 2.65. The second-order valence-electron chi connectivity index (χ2n) is 3.53. The van der Waals surface area contributed by atoms with Gasteiger partial charge in [-0.3, -0.25) is 4.90 Å². The molecule has 0 unspecified atom stereocenters. The SMILES string of the molecule is CCN(CC)c1cccc(N(C)C(=O)O)c1. The van der Waals surface area contributed by atoms with Gasteiger partial charge in [-0.05, 0) is 32.0 Å². The van der Waals surface area contributed by atoms with Crippen molar-refractivity contribution >= 4 is 17.5 Å². The van der Waals surface area contributed by atoms with E-state index in [9.17, 15) is 4.79 Å². The van der Waals surface area contributed by atoms with Gasteiger partial charge in [0.15, 0.2) is 0 Å². The summed E-state index contributed by atoms with van der Waals surface area (Å²) in [5, 5.41) is 8.89. The summed E-state index contributed by atoms with van der Waals surface area (Å²) >= 11 is 0. The van der Waals surface area contributed by atoms with Gasteiger partial charge in [-0.25, -0.2) is 4.79 Å². The maximum atomic E-state index is 10.8. The fraction of sp³-hybridized carbons (Fsp3) is 0.417. The molecule has 16 heavy (non-hydrogen) atoms. The van der Waals surface area contributed by atoms with Gasteiger partial charge in [-0.2, -0.15) is 0 Å². The van der Waals surface area contributed by atoms with E-state index in [2.05, 4.69) is 18.7 Å². The fourth-order valence-electron chi connectivity index (χ4n) is 1.60. The first-order valence-electron chi connectivity index (χ1n) is 5.41. The second-order valence-corrected chi connectivity index (χ2v) is 3.53. The molecule has 0 bridgehead atoms. The second kappa shape index (κ2) is 5.39. The summed E-state index contributed by atoms with van der Waals surface area (Å²) in [6.45, 7) is 5.99. The van der Waals surface area contributed by atoms with Crippen molar-refractivity contribution in [1.29, 1.82) is 0 Å². The number of carboxylic acid groups (broad SMARTS) is 1. The first-order chi connectivity index (χ1) is 7.60. The highest BCUT2D eigenvalue weighted by Crippen LogP contribution is 2.21. The van der Waals surface area contributed by atoms with Crippen LogP contribution in [-0.4, -0.2) is 31.3 Å². The van der Waals surface area contributed by atoms with Crippen LogP contribution in [0.2, 0.25) is 0 Å². The molecule has 0 saturated carbocycles. The zero-order valence-electron chi connectivity index (χ0n) is 9.97. The van der Waals surface area contributed by atoms with Crippen molar-refractivity contribution in [3.05, 3.63) is 24.3 Å². The van der Waals surface area contributed by atoms with Gasteiger partial charge < -0.3 is 10.0 Å². The quantitative estimate of drug-likeness (QED) is 0.851. The van der Waals surface area contributed by atoms with E-state index < -0.39 is 6.09 Å². The number of rotatable bonds is 4. The van der Waals surface area contributed by atoms with Crippen molar-refractivity contribution in [3.8, 4) is 0 Å². The first kappa shape index (κ1) is 12.4. The molecule has 0 atom stereocenters. The Morgan fingerprint density at radius 2 is 1.81 bits per heavy atom. The maximum absolute atomic E-state index is 10.8. The van der Waals surface area contributed by atoms with Crippen LogP contribution >= 0.6 is 0 Å². The molecule has 4 nitrogen and oxygen atoms in total. The molecule has 1 aromatic carbocycles. The Kier molecular flexibility index (Phi) is 4.17. The van der Waals surface area contributed by atoms with Gasteiger partial charge in [0.1, 0.15) is 0 Å². The van der Waals surface area contributed by atoms with E-state index in [0.717, 1.165) is 18.8 Å². The van der Waals surface area contributed by atoms with E-state index in [1.54, 1.807) is 13.1 Å². The molecular formula is C12H18N2O2. The number of hydrogen-bond acceptors (Lipinski definition) is 2. The van der Waals surface area contributed by atoms with Gasteiger partial charge in [-0.15, -0.1) is 0 Å². The molecular weight excluding hydrogens is 204 g/mol. The molecule has 0 heterocycles. The Balaban J connectivity index is 2.98. The zero-order valence-corrected chi connectivity index (χ0v) is 9.97. The normalized spacial score (nSPS) is 9.94. The number of carbonyl (C=O) groups is 1. The lowest BCUT2D eigenvalue weighted by atomic mass is 10.2. The number of nitrogens with zero attached hydrogens (tertiary/aromatic N) is 2. The van der Waals surface area contributed by atoms with Crippen LogP contribution in [0.3, 0.4) is 0 Å². The Labute approximate surface area is 96.1 Å². The van der Waals surface area contributed by atoms with Crippen LogP contribution in [0.1, 0.15) is 13.8 Å². The Bertz CT molecular complexity index is 362. The van der Waals surface area contributed by atoms with Crippen LogP contribution in [0.4, 0.5) is 16.2 Å². The standard InChI is InChI=1S/C12H18N2O2/c1-4-14(5-2)11-8-6-7-10(9-11)13(3)12(15)16/h6-9H,4-5H2,1-3H3,(H,15,16). The summed E-state index contributed by atoms with van der Waals surface area (Å²) in [6.07, 6.45) is -0.948. The summed E-state index contributed by atoms with van der Waals surface area (Å²) in [7, 11) is 1.55. The van der Waals surface area contributed by atoms with Crippen LogP contribution in [0.15, 0.2) is 24.3 Å². The minimum atomic E-state index is -0.948. The lowest BCUT2D eigenvalue weighted by Crippen LogP contribution is -2.25. The van der Waals surface area contributed by atoms with E-state index >= 15 is 0 Å². The Morgan fingerprint density at radius 1 is 1.25 bits per heavy atom. The number of benzene rings is 1. The monoisotopic (exact) mass is 222 g/mol. The third-order valence-corrected chi connectivity index (χ3v) is 2.63.